The first-order valence-electron chi connectivity index (χ1n) is 9.23. The van der Waals surface area contributed by atoms with E-state index in [1.165, 1.54) is 11.8 Å². The second-order valence-corrected chi connectivity index (χ2v) is 8.05. The maximum atomic E-state index is 12.5. The fourth-order valence-electron chi connectivity index (χ4n) is 2.69. The minimum Gasteiger partial charge on any atom is -0.497 e. The molecule has 1 fully saturated rings. The third-order valence-corrected chi connectivity index (χ3v) is 5.70. The minimum atomic E-state index is -0.447. The number of thiocarbonyl (C=S) groups is 1. The second kappa shape index (κ2) is 9.71. The molecule has 1 aliphatic heterocycles. The van der Waals surface area contributed by atoms with E-state index in [1.54, 1.807) is 66.6 Å². The van der Waals surface area contributed by atoms with Crippen LogP contribution in [0.15, 0.2) is 53.4 Å². The van der Waals surface area contributed by atoms with Crippen LogP contribution in [0.5, 0.6) is 11.5 Å². The molecule has 0 aliphatic carbocycles. The zero-order valence-electron chi connectivity index (χ0n) is 16.2. The highest BCUT2D eigenvalue weighted by atomic mass is 32.2. The van der Waals surface area contributed by atoms with Crippen molar-refractivity contribution in [2.75, 3.05) is 13.7 Å². The van der Waals surface area contributed by atoms with Gasteiger partial charge in [-0.15, -0.1) is 0 Å². The zero-order chi connectivity index (χ0) is 20.8. The summed E-state index contributed by atoms with van der Waals surface area (Å²) in [6.45, 7) is 2.73. The van der Waals surface area contributed by atoms with Crippen LogP contribution in [-0.4, -0.2) is 34.8 Å². The predicted molar refractivity (Wildman–Crippen MR) is 119 cm³/mol. The summed E-state index contributed by atoms with van der Waals surface area (Å²) in [6, 6.07) is 13.7. The molecule has 0 unspecified atom stereocenters. The molecule has 0 N–H and O–H groups in total. The van der Waals surface area contributed by atoms with Gasteiger partial charge in [0.1, 0.15) is 15.8 Å². The van der Waals surface area contributed by atoms with E-state index in [2.05, 4.69) is 6.92 Å². The van der Waals surface area contributed by atoms with Gasteiger partial charge < -0.3 is 9.47 Å². The Morgan fingerprint density at radius 2 is 1.76 bits per heavy atom. The third-order valence-electron chi connectivity index (χ3n) is 4.32. The molecule has 0 saturated carbocycles. The highest BCUT2D eigenvalue weighted by molar-refractivity contribution is 8.26. The number of nitrogens with zero attached hydrogens (tertiary/aromatic N) is 1. The van der Waals surface area contributed by atoms with Crippen LogP contribution in [0.25, 0.3) is 6.08 Å². The van der Waals surface area contributed by atoms with Gasteiger partial charge in [0.2, 0.25) is 0 Å². The van der Waals surface area contributed by atoms with Gasteiger partial charge in [-0.25, -0.2) is 4.79 Å². The molecule has 0 radical (unpaired) electrons. The Kier molecular flexibility index (Phi) is 7.06. The predicted octanol–water partition coefficient (Wildman–Crippen LogP) is 4.92. The normalized spacial score (nSPS) is 15.1. The van der Waals surface area contributed by atoms with E-state index in [9.17, 15) is 9.59 Å². The first-order chi connectivity index (χ1) is 14.0. The highest BCUT2D eigenvalue weighted by Crippen LogP contribution is 2.33. The molecule has 5 nitrogen and oxygen atoms in total. The van der Waals surface area contributed by atoms with Gasteiger partial charge in [0.15, 0.2) is 0 Å². The molecule has 29 heavy (non-hydrogen) atoms. The van der Waals surface area contributed by atoms with Gasteiger partial charge in [-0.3, -0.25) is 9.69 Å². The molecular formula is C22H21NO4S2. The van der Waals surface area contributed by atoms with Crippen molar-refractivity contribution in [2.24, 2.45) is 0 Å². The fraction of sp³-hybridized carbons (Fsp3) is 0.227. The van der Waals surface area contributed by atoms with Crippen molar-refractivity contribution in [2.45, 2.75) is 19.8 Å². The monoisotopic (exact) mass is 427 g/mol. The Morgan fingerprint density at radius 1 is 1.10 bits per heavy atom. The lowest BCUT2D eigenvalue weighted by atomic mass is 10.2. The average molecular weight is 428 g/mol. The van der Waals surface area contributed by atoms with Gasteiger partial charge in [0.25, 0.3) is 5.91 Å². The smallest absolute Gasteiger partial charge is 0.343 e. The molecule has 1 amide bonds. The van der Waals surface area contributed by atoms with Gasteiger partial charge in [-0.2, -0.15) is 0 Å². The summed E-state index contributed by atoms with van der Waals surface area (Å²) in [5.74, 6) is 0.602. The quantitative estimate of drug-likeness (QED) is 0.271. The second-order valence-electron chi connectivity index (χ2n) is 6.37. The number of benzene rings is 2. The number of amides is 1. The van der Waals surface area contributed by atoms with E-state index in [1.807, 2.05) is 0 Å². The Labute approximate surface area is 179 Å². The summed E-state index contributed by atoms with van der Waals surface area (Å²) >= 11 is 6.63. The van der Waals surface area contributed by atoms with Gasteiger partial charge in [-0.05, 0) is 54.5 Å². The summed E-state index contributed by atoms with van der Waals surface area (Å²) < 4.78 is 11.1. The Morgan fingerprint density at radius 3 is 2.38 bits per heavy atom. The van der Waals surface area contributed by atoms with Gasteiger partial charge in [0.05, 0.1) is 17.6 Å². The molecule has 0 spiro atoms. The first kappa shape index (κ1) is 21.1. The van der Waals surface area contributed by atoms with E-state index < -0.39 is 5.97 Å². The van der Waals surface area contributed by atoms with Crippen LogP contribution in [0.4, 0.5) is 0 Å². The van der Waals surface area contributed by atoms with Crippen molar-refractivity contribution in [1.29, 1.82) is 0 Å². The Bertz CT molecular complexity index is 936. The van der Waals surface area contributed by atoms with E-state index in [0.29, 0.717) is 32.8 Å². The Balaban J connectivity index is 1.65. The first-order valence-corrected chi connectivity index (χ1v) is 10.5. The van der Waals surface area contributed by atoms with Crippen molar-refractivity contribution >= 4 is 46.3 Å². The lowest BCUT2D eigenvalue weighted by Gasteiger charge is -2.13. The van der Waals surface area contributed by atoms with E-state index in [0.717, 1.165) is 18.4 Å². The number of methoxy groups -OCH3 is 1. The lowest BCUT2D eigenvalue weighted by molar-refractivity contribution is -0.122. The van der Waals surface area contributed by atoms with Crippen LogP contribution in [0, 0.1) is 0 Å². The number of thioether (sulfide) groups is 1. The van der Waals surface area contributed by atoms with Crippen molar-refractivity contribution in [3.05, 3.63) is 64.6 Å². The van der Waals surface area contributed by atoms with Gasteiger partial charge in [-0.1, -0.05) is 49.5 Å². The molecule has 0 atom stereocenters. The number of unbranched alkanes of at least 4 members (excludes halogenated alkanes) is 1. The molecule has 2 aromatic carbocycles. The molecule has 0 aromatic heterocycles. The number of carbonyl (C=O) groups is 2. The molecule has 1 heterocycles. The molecular weight excluding hydrogens is 406 g/mol. The van der Waals surface area contributed by atoms with E-state index in [-0.39, 0.29) is 5.91 Å². The van der Waals surface area contributed by atoms with Crippen LogP contribution < -0.4 is 9.47 Å². The topological polar surface area (TPSA) is 55.8 Å². The number of ether oxygens (including phenoxy) is 2. The van der Waals surface area contributed by atoms with Crippen molar-refractivity contribution in [3.8, 4) is 11.5 Å². The SMILES string of the molecule is CCCCN1C(=O)/C(=C\c2ccc(OC(=O)c3ccc(OC)cc3)cc2)SC1=S. The summed E-state index contributed by atoms with van der Waals surface area (Å²) in [5.41, 5.74) is 1.27. The number of hydrogen-bond donors (Lipinski definition) is 0. The van der Waals surface area contributed by atoms with Gasteiger partial charge >= 0.3 is 5.97 Å². The van der Waals surface area contributed by atoms with Crippen LogP contribution >= 0.6 is 24.0 Å². The van der Waals surface area contributed by atoms with Crippen LogP contribution in [0.3, 0.4) is 0 Å². The molecule has 3 rings (SSSR count). The molecule has 2 aromatic rings. The summed E-state index contributed by atoms with van der Waals surface area (Å²) in [6.07, 6.45) is 3.74. The number of carbonyl (C=O) groups excluding carboxylic acids is 2. The fourth-order valence-corrected chi connectivity index (χ4v) is 3.99. The lowest BCUT2D eigenvalue weighted by Crippen LogP contribution is -2.28. The van der Waals surface area contributed by atoms with E-state index in [4.69, 9.17) is 21.7 Å². The molecule has 1 saturated heterocycles. The van der Waals surface area contributed by atoms with Crippen LogP contribution in [0.2, 0.25) is 0 Å². The molecule has 150 valence electrons. The molecule has 1 aliphatic rings. The van der Waals surface area contributed by atoms with Crippen LogP contribution in [0.1, 0.15) is 35.7 Å². The number of rotatable bonds is 7. The number of esters is 1. The standard InChI is InChI=1S/C22H21NO4S2/c1-3-4-13-23-20(24)19(29-22(23)28)14-15-5-9-18(10-6-15)27-21(25)16-7-11-17(26-2)12-8-16/h5-12,14H,3-4,13H2,1-2H3/b19-14+. The largest absolute Gasteiger partial charge is 0.497 e. The van der Waals surface area contributed by atoms with E-state index >= 15 is 0 Å². The minimum absolute atomic E-state index is 0.0524. The summed E-state index contributed by atoms with van der Waals surface area (Å²) in [7, 11) is 1.57. The highest BCUT2D eigenvalue weighted by Gasteiger charge is 2.31. The zero-order valence-corrected chi connectivity index (χ0v) is 17.8. The van der Waals surface area contributed by atoms with Crippen LogP contribution in [-0.2, 0) is 4.79 Å². The van der Waals surface area contributed by atoms with Gasteiger partial charge in [0, 0.05) is 6.54 Å². The molecule has 7 heteroatoms. The van der Waals surface area contributed by atoms with Crippen molar-refractivity contribution in [3.63, 3.8) is 0 Å². The maximum Gasteiger partial charge on any atom is 0.343 e. The third kappa shape index (κ3) is 5.25. The molecule has 0 bridgehead atoms. The summed E-state index contributed by atoms with van der Waals surface area (Å²) in [4.78, 5) is 27.0. The van der Waals surface area contributed by atoms with Crippen molar-refractivity contribution < 1.29 is 19.1 Å². The number of hydrogen-bond acceptors (Lipinski definition) is 6. The average Bonchev–Trinajstić information content (AvgIpc) is 3.00. The van der Waals surface area contributed by atoms with Crippen molar-refractivity contribution in [1.82, 2.24) is 4.90 Å². The summed E-state index contributed by atoms with van der Waals surface area (Å²) in [5, 5.41) is 0. The Hall–Kier alpha value is -2.64. The maximum absolute atomic E-state index is 12.5.